The van der Waals surface area contributed by atoms with Crippen molar-refractivity contribution in [1.29, 1.82) is 0 Å². The molecule has 24 heavy (non-hydrogen) atoms. The number of fused-ring (bicyclic) bond motifs is 1. The summed E-state index contributed by atoms with van der Waals surface area (Å²) in [4.78, 5) is 27.5. The Morgan fingerprint density at radius 3 is 2.83 bits per heavy atom. The Morgan fingerprint density at radius 1 is 1.25 bits per heavy atom. The molecule has 3 rings (SSSR count). The molecule has 0 aliphatic heterocycles. The first-order chi connectivity index (χ1) is 11.6. The zero-order valence-corrected chi connectivity index (χ0v) is 13.7. The number of nitrogens with two attached hydrogens (primary N) is 1. The molecule has 0 spiro atoms. The summed E-state index contributed by atoms with van der Waals surface area (Å²) < 4.78 is 5.13. The molecule has 124 valence electrons. The van der Waals surface area contributed by atoms with Crippen molar-refractivity contribution in [1.82, 2.24) is 4.98 Å². The lowest BCUT2D eigenvalue weighted by molar-refractivity contribution is -0.142. The summed E-state index contributed by atoms with van der Waals surface area (Å²) in [6, 6.07) is 7.63. The fourth-order valence-corrected chi connectivity index (χ4v) is 3.30. The largest absolute Gasteiger partial charge is 0.466 e. The normalized spacial score (nSPS) is 12.7. The van der Waals surface area contributed by atoms with E-state index in [1.165, 1.54) is 11.1 Å². The second-order valence-electron chi connectivity index (χ2n) is 5.86. The van der Waals surface area contributed by atoms with Crippen molar-refractivity contribution in [3.05, 3.63) is 52.8 Å². The fourth-order valence-electron chi connectivity index (χ4n) is 3.30. The quantitative estimate of drug-likeness (QED) is 0.856. The number of rotatable bonds is 5. The highest BCUT2D eigenvalue weighted by molar-refractivity contribution is 5.92. The Hall–Kier alpha value is -2.69. The first kappa shape index (κ1) is 16.2. The SMILES string of the molecule is CCOC(=O)Cc1c(-c2ccnc(C(N)=O)c2)ccc2c1CCC2. The van der Waals surface area contributed by atoms with Gasteiger partial charge in [0.15, 0.2) is 0 Å². The standard InChI is InChI=1S/C19H20N2O3/c1-2-24-18(22)11-16-14-5-3-4-12(14)6-7-15(16)13-8-9-21-17(10-13)19(20)23/h6-10H,2-5,11H2,1H3,(H2,20,23). The van der Waals surface area contributed by atoms with E-state index in [0.29, 0.717) is 6.61 Å². The predicted molar refractivity (Wildman–Crippen MR) is 90.6 cm³/mol. The number of carbonyl (C=O) groups is 2. The van der Waals surface area contributed by atoms with Gasteiger partial charge in [-0.3, -0.25) is 14.6 Å². The van der Waals surface area contributed by atoms with Gasteiger partial charge in [0.2, 0.25) is 0 Å². The monoisotopic (exact) mass is 324 g/mol. The molecule has 1 aromatic heterocycles. The van der Waals surface area contributed by atoms with E-state index in [0.717, 1.165) is 36.0 Å². The number of pyridine rings is 1. The molecule has 2 N–H and O–H groups in total. The van der Waals surface area contributed by atoms with E-state index in [1.54, 1.807) is 19.2 Å². The first-order valence-corrected chi connectivity index (χ1v) is 8.15. The highest BCUT2D eigenvalue weighted by Gasteiger charge is 2.21. The van der Waals surface area contributed by atoms with Gasteiger partial charge in [-0.1, -0.05) is 12.1 Å². The number of esters is 1. The summed E-state index contributed by atoms with van der Waals surface area (Å²) in [5, 5.41) is 0. The molecule has 1 heterocycles. The molecule has 0 saturated heterocycles. The van der Waals surface area contributed by atoms with Crippen molar-refractivity contribution in [2.45, 2.75) is 32.6 Å². The van der Waals surface area contributed by atoms with Crippen LogP contribution in [0.15, 0.2) is 30.5 Å². The van der Waals surface area contributed by atoms with Crippen molar-refractivity contribution in [2.75, 3.05) is 6.61 Å². The Balaban J connectivity index is 2.09. The molecule has 1 aromatic carbocycles. The summed E-state index contributed by atoms with van der Waals surface area (Å²) in [5.41, 5.74) is 10.8. The highest BCUT2D eigenvalue weighted by atomic mass is 16.5. The van der Waals surface area contributed by atoms with Gasteiger partial charge in [0.05, 0.1) is 13.0 Å². The molecule has 0 fully saturated rings. The summed E-state index contributed by atoms with van der Waals surface area (Å²) >= 11 is 0. The molecule has 5 heteroatoms. The maximum atomic E-state index is 12.1. The van der Waals surface area contributed by atoms with Gasteiger partial charge < -0.3 is 10.5 Å². The number of primary amides is 1. The Kier molecular flexibility index (Phi) is 4.60. The molecule has 1 aliphatic rings. The number of hydrogen-bond donors (Lipinski definition) is 1. The molecule has 5 nitrogen and oxygen atoms in total. The van der Waals surface area contributed by atoms with Crippen LogP contribution in [0.4, 0.5) is 0 Å². The lowest BCUT2D eigenvalue weighted by atomic mass is 9.91. The number of nitrogens with zero attached hydrogens (tertiary/aromatic N) is 1. The Morgan fingerprint density at radius 2 is 2.08 bits per heavy atom. The predicted octanol–water partition coefficient (Wildman–Crippen LogP) is 2.44. The lowest BCUT2D eigenvalue weighted by Gasteiger charge is -2.15. The third-order valence-electron chi connectivity index (χ3n) is 4.35. The average Bonchev–Trinajstić information content (AvgIpc) is 3.04. The van der Waals surface area contributed by atoms with Crippen LogP contribution in [0.3, 0.4) is 0 Å². The molecular formula is C19H20N2O3. The maximum Gasteiger partial charge on any atom is 0.310 e. The van der Waals surface area contributed by atoms with Gasteiger partial charge in [0.1, 0.15) is 5.69 Å². The molecule has 1 aliphatic carbocycles. The van der Waals surface area contributed by atoms with E-state index < -0.39 is 5.91 Å². The third kappa shape index (κ3) is 3.15. The zero-order chi connectivity index (χ0) is 17.1. The van der Waals surface area contributed by atoms with E-state index in [2.05, 4.69) is 11.1 Å². The number of aromatic nitrogens is 1. The van der Waals surface area contributed by atoms with Crippen LogP contribution in [-0.4, -0.2) is 23.5 Å². The molecular weight excluding hydrogens is 304 g/mol. The highest BCUT2D eigenvalue weighted by Crippen LogP contribution is 2.34. The average molecular weight is 324 g/mol. The van der Waals surface area contributed by atoms with Crippen molar-refractivity contribution in [3.63, 3.8) is 0 Å². The summed E-state index contributed by atoms with van der Waals surface area (Å²) in [7, 11) is 0. The van der Waals surface area contributed by atoms with Gasteiger partial charge in [-0.25, -0.2) is 0 Å². The van der Waals surface area contributed by atoms with E-state index in [1.807, 2.05) is 12.1 Å². The molecule has 2 aromatic rings. The molecule has 0 radical (unpaired) electrons. The van der Waals surface area contributed by atoms with Crippen LogP contribution in [0.25, 0.3) is 11.1 Å². The summed E-state index contributed by atoms with van der Waals surface area (Å²) in [5.74, 6) is -0.798. The van der Waals surface area contributed by atoms with E-state index in [4.69, 9.17) is 10.5 Å². The van der Waals surface area contributed by atoms with Crippen LogP contribution in [-0.2, 0) is 28.8 Å². The summed E-state index contributed by atoms with van der Waals surface area (Å²) in [6.07, 6.45) is 4.90. The van der Waals surface area contributed by atoms with Crippen LogP contribution < -0.4 is 5.73 Å². The van der Waals surface area contributed by atoms with E-state index >= 15 is 0 Å². The first-order valence-electron chi connectivity index (χ1n) is 8.15. The maximum absolute atomic E-state index is 12.1. The van der Waals surface area contributed by atoms with Crippen LogP contribution in [0.1, 0.15) is 40.5 Å². The fraction of sp³-hybridized carbons (Fsp3) is 0.316. The van der Waals surface area contributed by atoms with Crippen molar-refractivity contribution in [3.8, 4) is 11.1 Å². The van der Waals surface area contributed by atoms with Gasteiger partial charge in [0.25, 0.3) is 5.91 Å². The second-order valence-corrected chi connectivity index (χ2v) is 5.86. The van der Waals surface area contributed by atoms with E-state index in [-0.39, 0.29) is 18.1 Å². The zero-order valence-electron chi connectivity index (χ0n) is 13.7. The number of hydrogen-bond acceptors (Lipinski definition) is 4. The van der Waals surface area contributed by atoms with Crippen molar-refractivity contribution in [2.24, 2.45) is 5.73 Å². The number of carbonyl (C=O) groups excluding carboxylic acids is 2. The summed E-state index contributed by atoms with van der Waals surface area (Å²) in [6.45, 7) is 2.17. The number of ether oxygens (including phenoxy) is 1. The Labute approximate surface area is 140 Å². The smallest absolute Gasteiger partial charge is 0.310 e. The van der Waals surface area contributed by atoms with Crippen molar-refractivity contribution >= 4 is 11.9 Å². The molecule has 0 atom stereocenters. The molecule has 0 bridgehead atoms. The van der Waals surface area contributed by atoms with Gasteiger partial charge in [0, 0.05) is 6.20 Å². The van der Waals surface area contributed by atoms with Gasteiger partial charge >= 0.3 is 5.97 Å². The minimum atomic E-state index is -0.565. The molecule has 0 unspecified atom stereocenters. The Bertz CT molecular complexity index is 799. The number of benzene rings is 1. The second kappa shape index (κ2) is 6.83. The minimum Gasteiger partial charge on any atom is -0.466 e. The van der Waals surface area contributed by atoms with Crippen LogP contribution in [0.2, 0.25) is 0 Å². The third-order valence-corrected chi connectivity index (χ3v) is 4.35. The van der Waals surface area contributed by atoms with Gasteiger partial charge in [-0.05, 0) is 66.1 Å². The minimum absolute atomic E-state index is 0.218. The number of amides is 1. The lowest BCUT2D eigenvalue weighted by Crippen LogP contribution is -2.13. The molecule has 1 amide bonds. The molecule has 0 saturated carbocycles. The van der Waals surface area contributed by atoms with E-state index in [9.17, 15) is 9.59 Å². The van der Waals surface area contributed by atoms with Crippen LogP contribution >= 0.6 is 0 Å². The van der Waals surface area contributed by atoms with Gasteiger partial charge in [-0.2, -0.15) is 0 Å². The van der Waals surface area contributed by atoms with Crippen molar-refractivity contribution < 1.29 is 14.3 Å². The van der Waals surface area contributed by atoms with Gasteiger partial charge in [-0.15, -0.1) is 0 Å². The topological polar surface area (TPSA) is 82.3 Å². The number of aryl methyl sites for hydroxylation is 1. The van der Waals surface area contributed by atoms with Crippen LogP contribution in [0.5, 0.6) is 0 Å². The van der Waals surface area contributed by atoms with Crippen LogP contribution in [0, 0.1) is 0 Å².